The summed E-state index contributed by atoms with van der Waals surface area (Å²) >= 11 is 5.81. The number of hydrogen-bond donors (Lipinski definition) is 1. The zero-order chi connectivity index (χ0) is 19.0. The van der Waals surface area contributed by atoms with Crippen molar-refractivity contribution in [2.75, 3.05) is 22.7 Å². The summed E-state index contributed by atoms with van der Waals surface area (Å²) in [6, 6.07) is 8.66. The summed E-state index contributed by atoms with van der Waals surface area (Å²) in [4.78, 5) is 18.7. The van der Waals surface area contributed by atoms with Crippen molar-refractivity contribution in [1.29, 1.82) is 0 Å². The molecule has 5 nitrogen and oxygen atoms in total. The standard InChI is InChI=1S/C20H21ClFN3O2/c1-12-11-27-20-17(25(12)18(26)10-21)9-14(19(24-20)23-16-6-7-16)8-13-2-4-15(22)5-3-13/h2-5,9,12,16H,6-8,10-11H2,1H3,(H,23,24)/t12-/m0/s1. The van der Waals surface area contributed by atoms with Gasteiger partial charge in [0.2, 0.25) is 11.8 Å². The van der Waals surface area contributed by atoms with Gasteiger partial charge in [-0.25, -0.2) is 4.39 Å². The minimum Gasteiger partial charge on any atom is -0.474 e. The van der Waals surface area contributed by atoms with Crippen LogP contribution in [0, 0.1) is 5.82 Å². The number of aromatic nitrogens is 1. The van der Waals surface area contributed by atoms with Gasteiger partial charge in [0.1, 0.15) is 29.8 Å². The molecule has 1 N–H and O–H groups in total. The molecule has 1 saturated carbocycles. The van der Waals surface area contributed by atoms with Crippen molar-refractivity contribution in [3.8, 4) is 5.88 Å². The first-order valence-electron chi connectivity index (χ1n) is 9.11. The van der Waals surface area contributed by atoms with Crippen LogP contribution in [0.15, 0.2) is 30.3 Å². The fraction of sp³-hybridized carbons (Fsp3) is 0.400. The summed E-state index contributed by atoms with van der Waals surface area (Å²) in [6.45, 7) is 2.30. The SMILES string of the molecule is C[C@H]1COc2nc(NC3CC3)c(Cc3ccc(F)cc3)cc2N1C(=O)CCl. The predicted molar refractivity (Wildman–Crippen MR) is 103 cm³/mol. The number of hydrogen-bond acceptors (Lipinski definition) is 4. The quantitative estimate of drug-likeness (QED) is 0.791. The number of rotatable bonds is 5. The van der Waals surface area contributed by atoms with Crippen molar-refractivity contribution in [1.82, 2.24) is 4.98 Å². The van der Waals surface area contributed by atoms with Crippen LogP contribution in [0.2, 0.25) is 0 Å². The van der Waals surface area contributed by atoms with Gasteiger partial charge in [-0.05, 0) is 43.5 Å². The summed E-state index contributed by atoms with van der Waals surface area (Å²) in [5, 5.41) is 3.44. The van der Waals surface area contributed by atoms with Crippen LogP contribution >= 0.6 is 11.6 Å². The minimum absolute atomic E-state index is 0.0981. The van der Waals surface area contributed by atoms with Crippen LogP contribution in [-0.4, -0.2) is 35.5 Å². The van der Waals surface area contributed by atoms with Crippen molar-refractivity contribution >= 4 is 29.0 Å². The lowest BCUT2D eigenvalue weighted by Crippen LogP contribution is -2.46. The number of ether oxygens (including phenoxy) is 1. The van der Waals surface area contributed by atoms with Crippen LogP contribution in [0.5, 0.6) is 5.88 Å². The Balaban J connectivity index is 1.74. The van der Waals surface area contributed by atoms with Crippen LogP contribution < -0.4 is 15.0 Å². The van der Waals surface area contributed by atoms with Gasteiger partial charge in [0.15, 0.2) is 0 Å². The van der Waals surface area contributed by atoms with Crippen LogP contribution in [0.3, 0.4) is 0 Å². The van der Waals surface area contributed by atoms with Gasteiger partial charge in [-0.1, -0.05) is 12.1 Å². The summed E-state index contributed by atoms with van der Waals surface area (Å²) in [7, 11) is 0. The Hall–Kier alpha value is -2.34. The molecule has 0 unspecified atom stereocenters. The second kappa shape index (κ2) is 7.35. The summed E-state index contributed by atoms with van der Waals surface area (Å²) in [5.74, 6) is 0.663. The summed E-state index contributed by atoms with van der Waals surface area (Å²) in [5.41, 5.74) is 2.55. The van der Waals surface area contributed by atoms with Gasteiger partial charge in [0, 0.05) is 18.0 Å². The molecule has 27 heavy (non-hydrogen) atoms. The third kappa shape index (κ3) is 3.86. The lowest BCUT2D eigenvalue weighted by Gasteiger charge is -2.34. The molecule has 4 rings (SSSR count). The fourth-order valence-electron chi connectivity index (χ4n) is 3.26. The molecule has 0 radical (unpaired) electrons. The topological polar surface area (TPSA) is 54.5 Å². The van der Waals surface area contributed by atoms with Crippen LogP contribution in [0.4, 0.5) is 15.9 Å². The smallest absolute Gasteiger partial charge is 0.242 e. The third-order valence-electron chi connectivity index (χ3n) is 4.82. The molecule has 2 aromatic rings. The average Bonchev–Trinajstić information content (AvgIpc) is 3.48. The molecule has 1 aliphatic carbocycles. The minimum atomic E-state index is -0.264. The molecule has 1 aromatic heterocycles. The molecule has 142 valence electrons. The lowest BCUT2D eigenvalue weighted by molar-refractivity contribution is -0.117. The van der Waals surface area contributed by atoms with E-state index >= 15 is 0 Å². The second-order valence-electron chi connectivity index (χ2n) is 7.10. The van der Waals surface area contributed by atoms with Gasteiger partial charge < -0.3 is 15.0 Å². The molecule has 2 aliphatic rings. The number of carbonyl (C=O) groups is 1. The van der Waals surface area contributed by atoms with E-state index in [9.17, 15) is 9.18 Å². The number of alkyl halides is 1. The number of carbonyl (C=O) groups excluding carboxylic acids is 1. The molecule has 0 saturated heterocycles. The van der Waals surface area contributed by atoms with E-state index in [1.165, 1.54) is 12.1 Å². The van der Waals surface area contributed by atoms with Crippen molar-refractivity contribution in [2.45, 2.75) is 38.3 Å². The molecule has 7 heteroatoms. The Kier molecular flexibility index (Phi) is 4.91. The first-order valence-corrected chi connectivity index (χ1v) is 9.64. The highest BCUT2D eigenvalue weighted by Crippen LogP contribution is 2.38. The molecule has 1 atom stereocenters. The van der Waals surface area contributed by atoms with Gasteiger partial charge in [-0.3, -0.25) is 4.79 Å². The highest BCUT2D eigenvalue weighted by molar-refractivity contribution is 6.29. The summed E-state index contributed by atoms with van der Waals surface area (Å²) < 4.78 is 19.0. The van der Waals surface area contributed by atoms with Crippen LogP contribution in [0.25, 0.3) is 0 Å². The van der Waals surface area contributed by atoms with Gasteiger partial charge in [0.05, 0.1) is 6.04 Å². The fourth-order valence-corrected chi connectivity index (χ4v) is 3.39. The molecule has 0 bridgehead atoms. The van der Waals surface area contributed by atoms with Gasteiger partial charge in [-0.2, -0.15) is 4.98 Å². The van der Waals surface area contributed by atoms with E-state index in [0.717, 1.165) is 29.8 Å². The van der Waals surface area contributed by atoms with Crippen molar-refractivity contribution in [2.24, 2.45) is 0 Å². The van der Waals surface area contributed by atoms with E-state index in [0.29, 0.717) is 30.6 Å². The second-order valence-corrected chi connectivity index (χ2v) is 7.37. The van der Waals surface area contributed by atoms with Crippen molar-refractivity contribution in [3.63, 3.8) is 0 Å². The van der Waals surface area contributed by atoms with Crippen LogP contribution in [0.1, 0.15) is 30.9 Å². The number of pyridine rings is 1. The molecule has 1 aliphatic heterocycles. The number of benzene rings is 1. The van der Waals surface area contributed by atoms with E-state index in [-0.39, 0.29) is 23.6 Å². The maximum atomic E-state index is 13.2. The third-order valence-corrected chi connectivity index (χ3v) is 5.05. The lowest BCUT2D eigenvalue weighted by atomic mass is 10.0. The molecule has 1 fully saturated rings. The maximum absolute atomic E-state index is 13.2. The number of anilines is 2. The Morgan fingerprint density at radius 2 is 2.11 bits per heavy atom. The molecular formula is C20H21ClFN3O2. The number of amides is 1. The summed E-state index contributed by atoms with van der Waals surface area (Å²) in [6.07, 6.45) is 2.81. The zero-order valence-corrected chi connectivity index (χ0v) is 15.8. The van der Waals surface area contributed by atoms with Crippen molar-refractivity contribution < 1.29 is 13.9 Å². The van der Waals surface area contributed by atoms with Gasteiger partial charge >= 0.3 is 0 Å². The number of nitrogens with one attached hydrogen (secondary N) is 1. The molecule has 0 spiro atoms. The van der Waals surface area contributed by atoms with Crippen molar-refractivity contribution in [3.05, 3.63) is 47.3 Å². The highest BCUT2D eigenvalue weighted by atomic mass is 35.5. The monoisotopic (exact) mass is 389 g/mol. The van der Waals surface area contributed by atoms with Gasteiger partial charge in [0.25, 0.3) is 0 Å². The normalized spacial score (nSPS) is 18.6. The Morgan fingerprint density at radius 1 is 1.37 bits per heavy atom. The van der Waals surface area contributed by atoms with E-state index in [1.807, 2.05) is 13.0 Å². The maximum Gasteiger partial charge on any atom is 0.242 e. The largest absolute Gasteiger partial charge is 0.474 e. The van der Waals surface area contributed by atoms with E-state index in [1.54, 1.807) is 17.0 Å². The first kappa shape index (κ1) is 18.0. The van der Waals surface area contributed by atoms with Crippen LogP contribution in [-0.2, 0) is 11.2 Å². The molecular weight excluding hydrogens is 369 g/mol. The number of nitrogens with zero attached hydrogens (tertiary/aromatic N) is 2. The number of fused-ring (bicyclic) bond motifs is 1. The Bertz CT molecular complexity index is 855. The Labute approximate surface area is 162 Å². The molecule has 1 amide bonds. The van der Waals surface area contributed by atoms with E-state index < -0.39 is 0 Å². The predicted octanol–water partition coefficient (Wildman–Crippen LogP) is 3.74. The van der Waals surface area contributed by atoms with E-state index in [4.69, 9.17) is 16.3 Å². The first-order chi connectivity index (χ1) is 13.0. The average molecular weight is 390 g/mol. The number of halogens is 2. The molecule has 1 aromatic carbocycles. The zero-order valence-electron chi connectivity index (χ0n) is 15.0. The highest BCUT2D eigenvalue weighted by Gasteiger charge is 2.32. The van der Waals surface area contributed by atoms with E-state index in [2.05, 4.69) is 10.3 Å². The van der Waals surface area contributed by atoms with Gasteiger partial charge in [-0.15, -0.1) is 11.6 Å². The Morgan fingerprint density at radius 3 is 2.78 bits per heavy atom. The molecule has 2 heterocycles.